The number of anilines is 2. The first-order chi connectivity index (χ1) is 15.7. The van der Waals surface area contributed by atoms with Crippen molar-refractivity contribution in [2.24, 2.45) is 0 Å². The smallest absolute Gasteiger partial charge is 0.310 e. The van der Waals surface area contributed by atoms with Gasteiger partial charge in [0, 0.05) is 23.7 Å². The van der Waals surface area contributed by atoms with Gasteiger partial charge in [0.2, 0.25) is 0 Å². The minimum atomic E-state index is -1.20. The molecule has 1 N–H and O–H groups in total. The molecular weight excluding hydrogens is 478 g/mol. The van der Waals surface area contributed by atoms with Crippen molar-refractivity contribution in [2.75, 3.05) is 19.0 Å². The summed E-state index contributed by atoms with van der Waals surface area (Å²) in [6.07, 6.45) is 0.00736. The second-order valence-corrected chi connectivity index (χ2v) is 7.98. The zero-order valence-corrected chi connectivity index (χ0v) is 19.3. The molecule has 0 amide bonds. The van der Waals surface area contributed by atoms with Gasteiger partial charge in [-0.3, -0.25) is 4.79 Å². The van der Waals surface area contributed by atoms with E-state index in [4.69, 9.17) is 32.7 Å². The minimum absolute atomic E-state index is 0.00404. The summed E-state index contributed by atoms with van der Waals surface area (Å²) in [7, 11) is 1.29. The van der Waals surface area contributed by atoms with E-state index >= 15 is 0 Å². The normalized spacial score (nSPS) is 10.8. The second kappa shape index (κ2) is 10.8. The van der Waals surface area contributed by atoms with Crippen LogP contribution in [-0.2, 0) is 22.4 Å². The molecule has 9 heteroatoms. The standard InChI is InChI=1S/C24H20Cl2F3NO3/c1-13-22(28)15(10-19(27)23(13)29)8-9-33-16-7-6-14(11-21(31)32-2)20(12-16)30-24-17(25)4-3-5-18(24)26/h3-7,10,12,30H,8-9,11H2,1-2H3. The van der Waals surface area contributed by atoms with Crippen LogP contribution in [0.15, 0.2) is 42.5 Å². The summed E-state index contributed by atoms with van der Waals surface area (Å²) < 4.78 is 51.8. The molecule has 33 heavy (non-hydrogen) atoms. The lowest BCUT2D eigenvalue weighted by atomic mass is 10.1. The number of halogens is 5. The number of carbonyl (C=O) groups is 1. The van der Waals surface area contributed by atoms with E-state index < -0.39 is 23.4 Å². The molecule has 0 aliphatic carbocycles. The van der Waals surface area contributed by atoms with Gasteiger partial charge in [-0.1, -0.05) is 35.3 Å². The monoisotopic (exact) mass is 497 g/mol. The van der Waals surface area contributed by atoms with Gasteiger partial charge in [-0.05, 0) is 42.3 Å². The van der Waals surface area contributed by atoms with Crippen LogP contribution in [0.25, 0.3) is 0 Å². The molecule has 174 valence electrons. The summed E-state index contributed by atoms with van der Waals surface area (Å²) in [5.74, 6) is -3.16. The first-order valence-electron chi connectivity index (χ1n) is 9.87. The zero-order valence-electron chi connectivity index (χ0n) is 17.8. The largest absolute Gasteiger partial charge is 0.493 e. The molecule has 0 saturated heterocycles. The summed E-state index contributed by atoms with van der Waals surface area (Å²) in [6.45, 7) is 1.18. The number of hydrogen-bond donors (Lipinski definition) is 1. The Kier molecular flexibility index (Phi) is 8.10. The number of para-hydroxylation sites is 1. The summed E-state index contributed by atoms with van der Waals surface area (Å²) >= 11 is 12.5. The van der Waals surface area contributed by atoms with Crippen molar-refractivity contribution in [2.45, 2.75) is 19.8 Å². The molecule has 0 heterocycles. The van der Waals surface area contributed by atoms with Crippen LogP contribution in [0.5, 0.6) is 5.75 Å². The van der Waals surface area contributed by atoms with Gasteiger partial charge in [-0.25, -0.2) is 13.2 Å². The average Bonchev–Trinajstić information content (AvgIpc) is 2.79. The fraction of sp³-hybridized carbons (Fsp3) is 0.208. The number of carbonyl (C=O) groups excluding carboxylic acids is 1. The Labute approximate surface area is 199 Å². The van der Waals surface area contributed by atoms with Crippen LogP contribution in [0, 0.1) is 24.4 Å². The molecule has 0 bridgehead atoms. The Hall–Kier alpha value is -2.90. The highest BCUT2D eigenvalue weighted by Crippen LogP contribution is 2.35. The lowest BCUT2D eigenvalue weighted by Gasteiger charge is -2.16. The zero-order chi connectivity index (χ0) is 24.1. The van der Waals surface area contributed by atoms with E-state index in [2.05, 4.69) is 5.32 Å². The van der Waals surface area contributed by atoms with Gasteiger partial charge >= 0.3 is 5.97 Å². The maximum atomic E-state index is 14.2. The van der Waals surface area contributed by atoms with E-state index in [1.165, 1.54) is 14.0 Å². The van der Waals surface area contributed by atoms with Crippen LogP contribution in [0.2, 0.25) is 10.0 Å². The number of hydrogen-bond acceptors (Lipinski definition) is 4. The quantitative estimate of drug-likeness (QED) is 0.274. The molecule has 0 unspecified atom stereocenters. The molecule has 3 rings (SSSR count). The third-order valence-corrected chi connectivity index (χ3v) is 5.59. The van der Waals surface area contributed by atoms with Gasteiger partial charge in [0.1, 0.15) is 11.6 Å². The van der Waals surface area contributed by atoms with Gasteiger partial charge < -0.3 is 14.8 Å². The fourth-order valence-corrected chi connectivity index (χ4v) is 3.64. The predicted molar refractivity (Wildman–Crippen MR) is 122 cm³/mol. The maximum Gasteiger partial charge on any atom is 0.310 e. The number of benzene rings is 3. The Morgan fingerprint density at radius 1 is 1.00 bits per heavy atom. The van der Waals surface area contributed by atoms with E-state index in [0.29, 0.717) is 32.7 Å². The SMILES string of the molecule is COC(=O)Cc1ccc(OCCc2cc(F)c(F)c(C)c2F)cc1Nc1c(Cl)cccc1Cl. The Bertz CT molecular complexity index is 1170. The third-order valence-electron chi connectivity index (χ3n) is 4.96. The Morgan fingerprint density at radius 3 is 2.36 bits per heavy atom. The van der Waals surface area contributed by atoms with Crippen molar-refractivity contribution < 1.29 is 27.4 Å². The highest BCUT2D eigenvalue weighted by Gasteiger charge is 2.16. The first kappa shape index (κ1) is 24.7. The molecule has 4 nitrogen and oxygen atoms in total. The highest BCUT2D eigenvalue weighted by atomic mass is 35.5. The second-order valence-electron chi connectivity index (χ2n) is 7.16. The molecule has 0 atom stereocenters. The lowest BCUT2D eigenvalue weighted by Crippen LogP contribution is -2.09. The van der Waals surface area contributed by atoms with Crippen LogP contribution in [0.3, 0.4) is 0 Å². The molecule has 0 spiro atoms. The number of methoxy groups -OCH3 is 1. The van der Waals surface area contributed by atoms with Gasteiger partial charge in [0.25, 0.3) is 0 Å². The van der Waals surface area contributed by atoms with E-state index in [1.54, 1.807) is 36.4 Å². The van der Waals surface area contributed by atoms with Crippen LogP contribution in [-0.4, -0.2) is 19.7 Å². The Balaban J connectivity index is 1.82. The molecule has 0 radical (unpaired) electrons. The van der Waals surface area contributed by atoms with Gasteiger partial charge in [-0.2, -0.15) is 0 Å². The molecule has 3 aromatic carbocycles. The molecule has 0 fully saturated rings. The fourth-order valence-electron chi connectivity index (χ4n) is 3.15. The highest BCUT2D eigenvalue weighted by molar-refractivity contribution is 6.39. The van der Waals surface area contributed by atoms with Crippen LogP contribution in [0.4, 0.5) is 24.5 Å². The van der Waals surface area contributed by atoms with Crippen molar-refractivity contribution >= 4 is 40.5 Å². The van der Waals surface area contributed by atoms with E-state index in [1.807, 2.05) is 0 Å². The van der Waals surface area contributed by atoms with Crippen LogP contribution >= 0.6 is 23.2 Å². The molecule has 0 saturated carbocycles. The topological polar surface area (TPSA) is 47.6 Å². The van der Waals surface area contributed by atoms with Crippen LogP contribution < -0.4 is 10.1 Å². The van der Waals surface area contributed by atoms with Gasteiger partial charge in [0.15, 0.2) is 11.6 Å². The minimum Gasteiger partial charge on any atom is -0.493 e. The third kappa shape index (κ3) is 5.92. The van der Waals surface area contributed by atoms with Crippen molar-refractivity contribution in [3.63, 3.8) is 0 Å². The summed E-state index contributed by atoms with van der Waals surface area (Å²) in [5, 5.41) is 3.87. The molecular formula is C24H20Cl2F3NO3. The summed E-state index contributed by atoms with van der Waals surface area (Å²) in [4.78, 5) is 11.8. The lowest BCUT2D eigenvalue weighted by molar-refractivity contribution is -0.139. The van der Waals surface area contributed by atoms with Crippen molar-refractivity contribution in [1.29, 1.82) is 0 Å². The molecule has 0 aromatic heterocycles. The molecule has 3 aromatic rings. The number of esters is 1. The number of ether oxygens (including phenoxy) is 2. The predicted octanol–water partition coefficient (Wildman–Crippen LogP) is 6.80. The van der Waals surface area contributed by atoms with E-state index in [-0.39, 0.29) is 30.6 Å². The van der Waals surface area contributed by atoms with Crippen molar-refractivity contribution in [1.82, 2.24) is 0 Å². The molecule has 0 aliphatic heterocycles. The summed E-state index contributed by atoms with van der Waals surface area (Å²) in [5.41, 5.74) is 1.19. The maximum absolute atomic E-state index is 14.2. The van der Waals surface area contributed by atoms with Crippen molar-refractivity contribution in [3.8, 4) is 5.75 Å². The number of rotatable bonds is 8. The van der Waals surface area contributed by atoms with E-state index in [9.17, 15) is 18.0 Å². The average molecular weight is 498 g/mol. The number of nitrogens with one attached hydrogen (secondary N) is 1. The molecule has 0 aliphatic rings. The first-order valence-corrected chi connectivity index (χ1v) is 10.6. The van der Waals surface area contributed by atoms with Gasteiger partial charge in [-0.15, -0.1) is 0 Å². The van der Waals surface area contributed by atoms with Crippen LogP contribution in [0.1, 0.15) is 16.7 Å². The van der Waals surface area contributed by atoms with Crippen molar-refractivity contribution in [3.05, 3.63) is 86.7 Å². The summed E-state index contributed by atoms with van der Waals surface area (Å²) in [6, 6.07) is 10.8. The Morgan fingerprint density at radius 2 is 1.70 bits per heavy atom. The van der Waals surface area contributed by atoms with Gasteiger partial charge in [0.05, 0.1) is 35.9 Å². The van der Waals surface area contributed by atoms with E-state index in [0.717, 1.165) is 6.07 Å².